The Labute approximate surface area is 119 Å². The van der Waals surface area contributed by atoms with Crippen LogP contribution in [0.3, 0.4) is 0 Å². The van der Waals surface area contributed by atoms with E-state index in [9.17, 15) is 13.2 Å². The van der Waals surface area contributed by atoms with Crippen LogP contribution >= 0.6 is 0 Å². The van der Waals surface area contributed by atoms with Crippen molar-refractivity contribution in [2.45, 2.75) is 25.0 Å². The van der Waals surface area contributed by atoms with Crippen LogP contribution in [0, 0.1) is 5.92 Å². The van der Waals surface area contributed by atoms with E-state index in [0.29, 0.717) is 18.0 Å². The summed E-state index contributed by atoms with van der Waals surface area (Å²) in [5, 5.41) is 8.92. The van der Waals surface area contributed by atoms with Crippen molar-refractivity contribution in [3.63, 3.8) is 0 Å². The van der Waals surface area contributed by atoms with Gasteiger partial charge in [-0.1, -0.05) is 18.6 Å². The molecule has 110 valence electrons. The Morgan fingerprint density at radius 3 is 2.65 bits per heavy atom. The topological polar surface area (TPSA) is 74.7 Å². The molecule has 20 heavy (non-hydrogen) atoms. The van der Waals surface area contributed by atoms with Gasteiger partial charge in [-0.3, -0.25) is 0 Å². The number of sulfonamides is 1. The Morgan fingerprint density at radius 1 is 1.40 bits per heavy atom. The SMILES string of the molecule is CN(CC1CCC1)S(=O)(=O)Cc1cccc(C(=O)O)c1. The molecule has 1 aliphatic rings. The zero-order valence-electron chi connectivity index (χ0n) is 11.4. The van der Waals surface area contributed by atoms with E-state index in [1.54, 1.807) is 19.2 Å². The summed E-state index contributed by atoms with van der Waals surface area (Å²) in [5.41, 5.74) is 0.615. The van der Waals surface area contributed by atoms with E-state index in [1.165, 1.54) is 22.9 Å². The number of carboxylic acids is 1. The molecule has 0 saturated heterocycles. The highest BCUT2D eigenvalue weighted by molar-refractivity contribution is 7.88. The van der Waals surface area contributed by atoms with E-state index in [4.69, 9.17) is 5.11 Å². The standard InChI is InChI=1S/C14H19NO4S/c1-15(9-11-4-2-5-11)20(18,19)10-12-6-3-7-13(8-12)14(16)17/h3,6-8,11H,2,4-5,9-10H2,1H3,(H,16,17). The molecule has 0 aliphatic heterocycles. The minimum Gasteiger partial charge on any atom is -0.478 e. The second-order valence-corrected chi connectivity index (χ2v) is 7.42. The molecule has 0 atom stereocenters. The Balaban J connectivity index is 2.06. The highest BCUT2D eigenvalue weighted by atomic mass is 32.2. The predicted octanol–water partition coefficient (Wildman–Crippen LogP) is 1.95. The normalized spacial score (nSPS) is 16.1. The first-order valence-corrected chi connectivity index (χ1v) is 8.25. The first-order valence-electron chi connectivity index (χ1n) is 6.65. The third kappa shape index (κ3) is 3.58. The van der Waals surface area contributed by atoms with Crippen LogP contribution < -0.4 is 0 Å². The van der Waals surface area contributed by atoms with E-state index in [-0.39, 0.29) is 11.3 Å². The molecule has 1 aromatic carbocycles. The van der Waals surface area contributed by atoms with Gasteiger partial charge < -0.3 is 5.11 Å². The van der Waals surface area contributed by atoms with Crippen molar-refractivity contribution in [2.75, 3.05) is 13.6 Å². The molecule has 1 N–H and O–H groups in total. The Morgan fingerprint density at radius 2 is 2.10 bits per heavy atom. The first-order chi connectivity index (χ1) is 9.38. The molecule has 0 unspecified atom stereocenters. The van der Waals surface area contributed by atoms with Crippen molar-refractivity contribution in [3.8, 4) is 0 Å². The highest BCUT2D eigenvalue weighted by Crippen LogP contribution is 2.27. The fraction of sp³-hybridized carbons (Fsp3) is 0.500. The molecule has 0 spiro atoms. The average molecular weight is 297 g/mol. The second-order valence-electron chi connectivity index (χ2n) is 5.34. The smallest absolute Gasteiger partial charge is 0.335 e. The molecule has 1 aliphatic carbocycles. The van der Waals surface area contributed by atoms with Crippen LogP contribution in [0.4, 0.5) is 0 Å². The van der Waals surface area contributed by atoms with Crippen molar-refractivity contribution in [3.05, 3.63) is 35.4 Å². The fourth-order valence-electron chi connectivity index (χ4n) is 2.27. The molecule has 0 aromatic heterocycles. The van der Waals surface area contributed by atoms with Crippen LogP contribution in [0.5, 0.6) is 0 Å². The number of benzene rings is 1. The molecule has 0 bridgehead atoms. The van der Waals surface area contributed by atoms with Crippen LogP contribution in [0.15, 0.2) is 24.3 Å². The van der Waals surface area contributed by atoms with Crippen molar-refractivity contribution < 1.29 is 18.3 Å². The summed E-state index contributed by atoms with van der Waals surface area (Å²) in [7, 11) is -1.79. The molecule has 2 rings (SSSR count). The Kier molecular flexibility index (Phi) is 4.45. The largest absolute Gasteiger partial charge is 0.478 e. The van der Waals surface area contributed by atoms with Crippen molar-refractivity contribution in [1.29, 1.82) is 0 Å². The number of hydrogen-bond acceptors (Lipinski definition) is 3. The molecule has 6 heteroatoms. The quantitative estimate of drug-likeness (QED) is 0.871. The zero-order valence-corrected chi connectivity index (χ0v) is 12.3. The molecule has 5 nitrogen and oxygen atoms in total. The van der Waals surface area contributed by atoms with E-state index < -0.39 is 16.0 Å². The van der Waals surface area contributed by atoms with Crippen molar-refractivity contribution in [2.24, 2.45) is 5.92 Å². The molecule has 1 fully saturated rings. The number of carbonyl (C=O) groups is 1. The number of aromatic carboxylic acids is 1. The lowest BCUT2D eigenvalue weighted by Crippen LogP contribution is -2.35. The number of carboxylic acid groups (broad SMARTS) is 1. The molecular weight excluding hydrogens is 278 g/mol. The predicted molar refractivity (Wildman–Crippen MR) is 76.0 cm³/mol. The van der Waals surface area contributed by atoms with Gasteiger partial charge in [0.15, 0.2) is 0 Å². The van der Waals surface area contributed by atoms with Crippen molar-refractivity contribution >= 4 is 16.0 Å². The number of nitrogens with zero attached hydrogens (tertiary/aromatic N) is 1. The van der Waals surface area contributed by atoms with Crippen LogP contribution in [0.2, 0.25) is 0 Å². The third-order valence-corrected chi connectivity index (χ3v) is 5.53. The van der Waals surface area contributed by atoms with E-state index in [1.807, 2.05) is 0 Å². The fourth-order valence-corrected chi connectivity index (χ4v) is 3.53. The minimum atomic E-state index is -3.39. The van der Waals surface area contributed by atoms with Crippen LogP contribution in [0.1, 0.15) is 35.2 Å². The molecule has 1 saturated carbocycles. The van der Waals surface area contributed by atoms with Gasteiger partial charge >= 0.3 is 5.97 Å². The van der Waals surface area contributed by atoms with Gasteiger partial charge in [-0.25, -0.2) is 17.5 Å². The summed E-state index contributed by atoms with van der Waals surface area (Å²) in [4.78, 5) is 10.9. The Bertz CT molecular complexity index is 593. The molecule has 0 radical (unpaired) electrons. The third-order valence-electron chi connectivity index (χ3n) is 3.74. The van der Waals surface area contributed by atoms with Crippen LogP contribution in [-0.4, -0.2) is 37.4 Å². The summed E-state index contributed by atoms with van der Waals surface area (Å²) in [6.07, 6.45) is 3.36. The van der Waals surface area contributed by atoms with E-state index in [0.717, 1.165) is 12.8 Å². The summed E-state index contributed by atoms with van der Waals surface area (Å²) in [6.45, 7) is 0.557. The lowest BCUT2D eigenvalue weighted by molar-refractivity contribution is 0.0696. The monoisotopic (exact) mass is 297 g/mol. The maximum Gasteiger partial charge on any atom is 0.335 e. The maximum absolute atomic E-state index is 12.2. The van der Waals surface area contributed by atoms with Gasteiger partial charge in [0.25, 0.3) is 0 Å². The van der Waals surface area contributed by atoms with Gasteiger partial charge in [-0.05, 0) is 36.5 Å². The summed E-state index contributed by atoms with van der Waals surface area (Å²) in [5.74, 6) is -0.732. The number of hydrogen-bond donors (Lipinski definition) is 1. The molecule has 0 amide bonds. The second kappa shape index (κ2) is 5.93. The zero-order chi connectivity index (χ0) is 14.8. The van der Waals surface area contributed by atoms with Crippen LogP contribution in [-0.2, 0) is 15.8 Å². The number of rotatable bonds is 6. The Hall–Kier alpha value is -1.40. The van der Waals surface area contributed by atoms with Gasteiger partial charge in [0, 0.05) is 13.6 Å². The first kappa shape index (κ1) is 15.0. The van der Waals surface area contributed by atoms with Crippen LogP contribution in [0.25, 0.3) is 0 Å². The molecular formula is C14H19NO4S. The lowest BCUT2D eigenvalue weighted by atomic mass is 9.86. The van der Waals surface area contributed by atoms with E-state index in [2.05, 4.69) is 0 Å². The minimum absolute atomic E-state index is 0.111. The van der Waals surface area contributed by atoms with Crippen molar-refractivity contribution in [1.82, 2.24) is 4.31 Å². The summed E-state index contributed by atoms with van der Waals surface area (Å²) >= 11 is 0. The van der Waals surface area contributed by atoms with Gasteiger partial charge in [0.05, 0.1) is 11.3 Å². The summed E-state index contributed by atoms with van der Waals surface area (Å²) < 4.78 is 25.9. The van der Waals surface area contributed by atoms with E-state index >= 15 is 0 Å². The average Bonchev–Trinajstić information content (AvgIpc) is 2.33. The van der Waals surface area contributed by atoms with Gasteiger partial charge in [-0.2, -0.15) is 0 Å². The van der Waals surface area contributed by atoms with Gasteiger partial charge in [0.2, 0.25) is 10.0 Å². The highest BCUT2D eigenvalue weighted by Gasteiger charge is 2.25. The maximum atomic E-state index is 12.2. The molecule has 1 aromatic rings. The lowest BCUT2D eigenvalue weighted by Gasteiger charge is -2.29. The summed E-state index contributed by atoms with van der Waals surface area (Å²) in [6, 6.07) is 6.08. The van der Waals surface area contributed by atoms with Gasteiger partial charge in [-0.15, -0.1) is 0 Å². The molecule has 0 heterocycles. The van der Waals surface area contributed by atoms with Gasteiger partial charge in [0.1, 0.15) is 0 Å².